The van der Waals surface area contributed by atoms with E-state index in [0.29, 0.717) is 23.0 Å². The Bertz CT molecular complexity index is 637. The highest BCUT2D eigenvalue weighted by atomic mass is 35.5. The van der Waals surface area contributed by atoms with Gasteiger partial charge in [0.05, 0.1) is 16.8 Å². The van der Waals surface area contributed by atoms with Gasteiger partial charge in [0.15, 0.2) is 0 Å². The zero-order valence-electron chi connectivity index (χ0n) is 10.9. The molecule has 3 rings (SSSR count). The summed E-state index contributed by atoms with van der Waals surface area (Å²) < 4.78 is 5.39. The molecule has 7 heteroatoms. The molecule has 1 fully saturated rings. The monoisotopic (exact) mass is 294 g/mol. The Labute approximate surface area is 122 Å². The van der Waals surface area contributed by atoms with Crippen LogP contribution in [-0.4, -0.2) is 21.6 Å². The van der Waals surface area contributed by atoms with Crippen LogP contribution in [0.5, 0.6) is 0 Å². The number of carbonyl (C=O) groups excluding carboxylic acids is 1. The van der Waals surface area contributed by atoms with E-state index in [4.69, 9.17) is 10.2 Å². The number of rotatable bonds is 3. The Morgan fingerprint density at radius 2 is 2.05 bits per heavy atom. The number of nitrogens with zero attached hydrogens (tertiary/aromatic N) is 2. The molecule has 0 atom stereocenters. The van der Waals surface area contributed by atoms with Crippen LogP contribution in [0.4, 0.5) is 5.69 Å². The lowest BCUT2D eigenvalue weighted by Crippen LogP contribution is -2.37. The Morgan fingerprint density at radius 3 is 2.65 bits per heavy atom. The molecule has 1 saturated carbocycles. The van der Waals surface area contributed by atoms with Crippen molar-refractivity contribution in [1.82, 2.24) is 10.2 Å². The Morgan fingerprint density at radius 1 is 1.35 bits per heavy atom. The number of hydrogen-bond donors (Lipinski definition) is 2. The van der Waals surface area contributed by atoms with E-state index in [2.05, 4.69) is 15.5 Å². The minimum absolute atomic E-state index is 0. The summed E-state index contributed by atoms with van der Waals surface area (Å²) in [6.07, 6.45) is 1.45. The summed E-state index contributed by atoms with van der Waals surface area (Å²) in [7, 11) is 0. The molecule has 2 aromatic rings. The lowest BCUT2D eigenvalue weighted by Gasteiger charge is -2.12. The minimum atomic E-state index is -0.710. The molecule has 1 amide bonds. The van der Waals surface area contributed by atoms with Gasteiger partial charge in [-0.2, -0.15) is 0 Å². The molecule has 0 saturated heterocycles. The van der Waals surface area contributed by atoms with Crippen molar-refractivity contribution < 1.29 is 9.21 Å². The van der Waals surface area contributed by atoms with Crippen LogP contribution in [-0.2, 0) is 4.79 Å². The van der Waals surface area contributed by atoms with Crippen molar-refractivity contribution in [3.05, 3.63) is 30.2 Å². The van der Waals surface area contributed by atoms with Crippen LogP contribution in [0.1, 0.15) is 18.7 Å². The molecule has 1 heterocycles. The average molecular weight is 295 g/mol. The molecule has 0 unspecified atom stereocenters. The zero-order chi connectivity index (χ0) is 13.5. The molecule has 1 aliphatic carbocycles. The summed E-state index contributed by atoms with van der Waals surface area (Å²) in [5, 5.41) is 10.6. The van der Waals surface area contributed by atoms with Gasteiger partial charge >= 0.3 is 0 Å². The Hall–Kier alpha value is -1.92. The van der Waals surface area contributed by atoms with Gasteiger partial charge in [0.2, 0.25) is 17.7 Å². The Balaban J connectivity index is 0.00000147. The van der Waals surface area contributed by atoms with Gasteiger partial charge in [-0.1, -0.05) is 12.1 Å². The summed E-state index contributed by atoms with van der Waals surface area (Å²) in [5.41, 5.74) is 6.48. The molecule has 1 aromatic carbocycles. The molecule has 0 aliphatic heterocycles. The summed E-state index contributed by atoms with van der Waals surface area (Å²) >= 11 is 0. The fourth-order valence-electron chi connectivity index (χ4n) is 1.79. The van der Waals surface area contributed by atoms with Crippen molar-refractivity contribution in [1.29, 1.82) is 0 Å². The molecule has 0 spiro atoms. The van der Waals surface area contributed by atoms with Crippen LogP contribution in [0, 0.1) is 6.92 Å². The Kier molecular flexibility index (Phi) is 3.78. The van der Waals surface area contributed by atoms with E-state index in [0.717, 1.165) is 12.8 Å². The molecule has 6 nitrogen and oxygen atoms in total. The third kappa shape index (κ3) is 2.66. The van der Waals surface area contributed by atoms with Gasteiger partial charge in [0.1, 0.15) is 0 Å². The first kappa shape index (κ1) is 14.5. The average Bonchev–Trinajstić information content (AvgIpc) is 3.00. The highest BCUT2D eigenvalue weighted by molar-refractivity contribution is 6.02. The van der Waals surface area contributed by atoms with Crippen LogP contribution >= 0.6 is 12.4 Å². The van der Waals surface area contributed by atoms with Gasteiger partial charge in [-0.25, -0.2) is 0 Å². The molecule has 3 N–H and O–H groups in total. The normalized spacial score (nSPS) is 15.3. The van der Waals surface area contributed by atoms with Crippen molar-refractivity contribution in [2.75, 3.05) is 5.32 Å². The second-order valence-electron chi connectivity index (χ2n) is 4.78. The minimum Gasteiger partial charge on any atom is -0.421 e. The highest BCUT2D eigenvalue weighted by Gasteiger charge is 2.46. The van der Waals surface area contributed by atoms with Gasteiger partial charge in [0, 0.05) is 6.92 Å². The number of nitrogens with one attached hydrogen (secondary N) is 1. The van der Waals surface area contributed by atoms with E-state index in [9.17, 15) is 4.79 Å². The predicted molar refractivity (Wildman–Crippen MR) is 76.5 cm³/mol. The van der Waals surface area contributed by atoms with Crippen molar-refractivity contribution in [2.24, 2.45) is 5.73 Å². The number of aryl methyl sites for hydroxylation is 1. The number of nitrogens with two attached hydrogens (primary N) is 1. The van der Waals surface area contributed by atoms with Gasteiger partial charge in [-0.05, 0) is 25.0 Å². The summed E-state index contributed by atoms with van der Waals surface area (Å²) in [4.78, 5) is 12.0. The number of carbonyl (C=O) groups is 1. The zero-order valence-corrected chi connectivity index (χ0v) is 11.7. The molecule has 1 aliphatic rings. The number of halogens is 1. The van der Waals surface area contributed by atoms with E-state index in [1.807, 2.05) is 18.2 Å². The summed E-state index contributed by atoms with van der Waals surface area (Å²) in [6, 6.07) is 7.29. The standard InChI is InChI=1S/C13H14N4O2.ClH/c1-8-16-17-11(19-8)9-4-2-3-5-10(9)15-12(18)13(14)6-7-13;/h2-5H,6-7,14H2,1H3,(H,15,18);1H. The first-order valence-corrected chi connectivity index (χ1v) is 6.08. The quantitative estimate of drug-likeness (QED) is 0.901. The first-order chi connectivity index (χ1) is 9.08. The predicted octanol–water partition coefficient (Wildman–Crippen LogP) is 1.90. The largest absolute Gasteiger partial charge is 0.421 e. The number of aromatic nitrogens is 2. The van der Waals surface area contributed by atoms with Gasteiger partial charge in [0.25, 0.3) is 0 Å². The van der Waals surface area contributed by atoms with Crippen molar-refractivity contribution in [2.45, 2.75) is 25.3 Å². The maximum atomic E-state index is 12.0. The topological polar surface area (TPSA) is 94.0 Å². The fourth-order valence-corrected chi connectivity index (χ4v) is 1.79. The molecule has 1 aromatic heterocycles. The van der Waals surface area contributed by atoms with Gasteiger partial charge < -0.3 is 15.5 Å². The molecule has 0 bridgehead atoms. The van der Waals surface area contributed by atoms with Crippen LogP contribution in [0.2, 0.25) is 0 Å². The first-order valence-electron chi connectivity index (χ1n) is 6.08. The van der Waals surface area contributed by atoms with E-state index in [-0.39, 0.29) is 18.3 Å². The number of amides is 1. The van der Waals surface area contributed by atoms with Gasteiger partial charge in [-0.3, -0.25) is 4.79 Å². The fraction of sp³-hybridized carbons (Fsp3) is 0.308. The molecule has 20 heavy (non-hydrogen) atoms. The maximum absolute atomic E-state index is 12.0. The van der Waals surface area contributed by atoms with Crippen LogP contribution in [0.15, 0.2) is 28.7 Å². The summed E-state index contributed by atoms with van der Waals surface area (Å²) in [6.45, 7) is 1.72. The highest BCUT2D eigenvalue weighted by Crippen LogP contribution is 2.34. The van der Waals surface area contributed by atoms with Crippen molar-refractivity contribution >= 4 is 24.0 Å². The number of hydrogen-bond acceptors (Lipinski definition) is 5. The van der Waals surface area contributed by atoms with Crippen LogP contribution < -0.4 is 11.1 Å². The number of para-hydroxylation sites is 1. The van der Waals surface area contributed by atoms with Crippen LogP contribution in [0.25, 0.3) is 11.5 Å². The van der Waals surface area contributed by atoms with E-state index in [1.165, 1.54) is 0 Å². The van der Waals surface area contributed by atoms with E-state index >= 15 is 0 Å². The number of anilines is 1. The maximum Gasteiger partial charge on any atom is 0.249 e. The lowest BCUT2D eigenvalue weighted by atomic mass is 10.1. The molecule has 0 radical (unpaired) electrons. The van der Waals surface area contributed by atoms with Crippen molar-refractivity contribution in [3.63, 3.8) is 0 Å². The second kappa shape index (κ2) is 5.22. The molecular weight excluding hydrogens is 280 g/mol. The molecular formula is C13H15ClN4O2. The summed E-state index contributed by atoms with van der Waals surface area (Å²) in [5.74, 6) is 0.695. The third-order valence-electron chi connectivity index (χ3n) is 3.17. The van der Waals surface area contributed by atoms with Crippen molar-refractivity contribution in [3.8, 4) is 11.5 Å². The molecule has 106 valence electrons. The van der Waals surface area contributed by atoms with Crippen LogP contribution in [0.3, 0.4) is 0 Å². The van der Waals surface area contributed by atoms with E-state index in [1.54, 1.807) is 13.0 Å². The SMILES string of the molecule is Cc1nnc(-c2ccccc2NC(=O)C2(N)CC2)o1.Cl. The lowest BCUT2D eigenvalue weighted by molar-refractivity contribution is -0.118. The van der Waals surface area contributed by atoms with Gasteiger partial charge in [-0.15, -0.1) is 22.6 Å². The number of benzene rings is 1. The third-order valence-corrected chi connectivity index (χ3v) is 3.17. The second-order valence-corrected chi connectivity index (χ2v) is 4.78. The van der Waals surface area contributed by atoms with E-state index < -0.39 is 5.54 Å². The smallest absolute Gasteiger partial charge is 0.249 e.